The fourth-order valence-electron chi connectivity index (χ4n) is 2.48. The maximum absolute atomic E-state index is 5.47. The number of nitrogens with one attached hydrogen (secondary N) is 1. The van der Waals surface area contributed by atoms with Gasteiger partial charge in [0.2, 0.25) is 0 Å². The number of rotatable bonds is 4. The van der Waals surface area contributed by atoms with Gasteiger partial charge < -0.3 is 10.1 Å². The predicted molar refractivity (Wildman–Crippen MR) is 80.4 cm³/mol. The second-order valence-corrected chi connectivity index (χ2v) is 6.88. The summed E-state index contributed by atoms with van der Waals surface area (Å²) in [5.74, 6) is 2.06. The molecule has 1 fully saturated rings. The summed E-state index contributed by atoms with van der Waals surface area (Å²) in [6.07, 6.45) is 1.34. The van der Waals surface area contributed by atoms with Gasteiger partial charge in [0.05, 0.1) is 6.10 Å². The van der Waals surface area contributed by atoms with Gasteiger partial charge in [-0.2, -0.15) is 0 Å². The molecule has 0 aliphatic heterocycles. The summed E-state index contributed by atoms with van der Waals surface area (Å²) in [5, 5.41) is 3.51. The summed E-state index contributed by atoms with van der Waals surface area (Å²) < 4.78 is 6.30. The van der Waals surface area contributed by atoms with Crippen molar-refractivity contribution in [2.75, 3.05) is 12.4 Å². The SMILES string of the molecule is COC1CC(Nc2cc(Br)nc(C(C)C)n2)C1(C)C. The largest absolute Gasteiger partial charge is 0.381 e. The molecule has 2 atom stereocenters. The molecule has 1 aromatic heterocycles. The van der Waals surface area contributed by atoms with Crippen LogP contribution in [0.3, 0.4) is 0 Å². The summed E-state index contributed by atoms with van der Waals surface area (Å²) in [7, 11) is 1.78. The fourth-order valence-corrected chi connectivity index (χ4v) is 2.87. The minimum absolute atomic E-state index is 0.129. The normalized spacial score (nSPS) is 25.2. The molecule has 5 heteroatoms. The van der Waals surface area contributed by atoms with Crippen molar-refractivity contribution in [3.8, 4) is 0 Å². The Morgan fingerprint density at radius 1 is 1.42 bits per heavy atom. The van der Waals surface area contributed by atoms with E-state index in [0.717, 1.165) is 22.7 Å². The second-order valence-electron chi connectivity index (χ2n) is 6.07. The Morgan fingerprint density at radius 2 is 2.11 bits per heavy atom. The van der Waals surface area contributed by atoms with Crippen molar-refractivity contribution in [1.29, 1.82) is 0 Å². The van der Waals surface area contributed by atoms with Crippen LogP contribution in [0.5, 0.6) is 0 Å². The number of methoxy groups -OCH3 is 1. The average Bonchev–Trinajstić information content (AvgIpc) is 2.33. The lowest BCUT2D eigenvalue weighted by Gasteiger charge is -2.51. The van der Waals surface area contributed by atoms with E-state index < -0.39 is 0 Å². The van der Waals surface area contributed by atoms with Gasteiger partial charge in [-0.3, -0.25) is 0 Å². The molecule has 1 aliphatic rings. The van der Waals surface area contributed by atoms with E-state index in [0.29, 0.717) is 18.1 Å². The van der Waals surface area contributed by atoms with E-state index in [1.165, 1.54) is 0 Å². The van der Waals surface area contributed by atoms with Crippen molar-refractivity contribution in [3.63, 3.8) is 0 Å². The van der Waals surface area contributed by atoms with E-state index in [-0.39, 0.29) is 5.41 Å². The van der Waals surface area contributed by atoms with Gasteiger partial charge in [0, 0.05) is 30.6 Å². The minimum Gasteiger partial charge on any atom is -0.381 e. The van der Waals surface area contributed by atoms with Crippen molar-refractivity contribution >= 4 is 21.7 Å². The first kappa shape index (κ1) is 14.7. The summed E-state index contributed by atoms with van der Waals surface area (Å²) in [6, 6.07) is 2.32. The minimum atomic E-state index is 0.129. The van der Waals surface area contributed by atoms with Gasteiger partial charge in [0.1, 0.15) is 16.2 Å². The lowest BCUT2D eigenvalue weighted by molar-refractivity contribution is -0.0795. The van der Waals surface area contributed by atoms with Crippen molar-refractivity contribution in [1.82, 2.24) is 9.97 Å². The highest BCUT2D eigenvalue weighted by atomic mass is 79.9. The summed E-state index contributed by atoms with van der Waals surface area (Å²) >= 11 is 3.45. The van der Waals surface area contributed by atoms with Gasteiger partial charge in [0.15, 0.2) is 0 Å². The van der Waals surface area contributed by atoms with Crippen LogP contribution in [-0.4, -0.2) is 29.2 Å². The van der Waals surface area contributed by atoms with E-state index in [4.69, 9.17) is 4.74 Å². The summed E-state index contributed by atoms with van der Waals surface area (Å²) in [6.45, 7) is 8.64. The molecule has 0 aromatic carbocycles. The van der Waals surface area contributed by atoms with Gasteiger partial charge >= 0.3 is 0 Å². The van der Waals surface area contributed by atoms with E-state index in [2.05, 4.69) is 58.9 Å². The zero-order chi connectivity index (χ0) is 14.2. The van der Waals surface area contributed by atoms with Gasteiger partial charge in [-0.25, -0.2) is 9.97 Å². The highest BCUT2D eigenvalue weighted by molar-refractivity contribution is 9.10. The van der Waals surface area contributed by atoms with E-state index in [1.54, 1.807) is 7.11 Å². The van der Waals surface area contributed by atoms with Crippen LogP contribution in [0.1, 0.15) is 45.9 Å². The van der Waals surface area contributed by atoms with Crippen LogP contribution in [-0.2, 0) is 4.74 Å². The van der Waals surface area contributed by atoms with Crippen molar-refractivity contribution in [3.05, 3.63) is 16.5 Å². The van der Waals surface area contributed by atoms with Crippen molar-refractivity contribution < 1.29 is 4.74 Å². The van der Waals surface area contributed by atoms with Crippen LogP contribution in [0.2, 0.25) is 0 Å². The summed E-state index contributed by atoms with van der Waals surface area (Å²) in [5.41, 5.74) is 0.129. The molecule has 106 valence electrons. The van der Waals surface area contributed by atoms with E-state index >= 15 is 0 Å². The van der Waals surface area contributed by atoms with Crippen LogP contribution < -0.4 is 5.32 Å². The third-order valence-corrected chi connectivity index (χ3v) is 4.42. The molecule has 2 unspecified atom stereocenters. The zero-order valence-electron chi connectivity index (χ0n) is 12.2. The van der Waals surface area contributed by atoms with Gasteiger partial charge in [0.25, 0.3) is 0 Å². The molecule has 0 radical (unpaired) electrons. The topological polar surface area (TPSA) is 47.0 Å². The molecule has 1 aromatic rings. The first-order valence-electron chi connectivity index (χ1n) is 6.68. The number of ether oxygens (including phenoxy) is 1. The Balaban J connectivity index is 2.12. The highest BCUT2D eigenvalue weighted by Crippen LogP contribution is 2.43. The number of halogens is 1. The van der Waals surface area contributed by atoms with Gasteiger partial charge in [-0.1, -0.05) is 27.7 Å². The van der Waals surface area contributed by atoms with E-state index in [1.807, 2.05) is 6.07 Å². The van der Waals surface area contributed by atoms with Gasteiger partial charge in [-0.15, -0.1) is 0 Å². The number of aromatic nitrogens is 2. The molecule has 1 aliphatic carbocycles. The lowest BCUT2D eigenvalue weighted by atomic mass is 9.64. The molecular formula is C14H22BrN3O. The molecule has 1 N–H and O–H groups in total. The van der Waals surface area contributed by atoms with Crippen LogP contribution in [0.15, 0.2) is 10.7 Å². The smallest absolute Gasteiger partial charge is 0.134 e. The maximum atomic E-state index is 5.47. The first-order valence-corrected chi connectivity index (χ1v) is 7.47. The monoisotopic (exact) mass is 327 g/mol. The maximum Gasteiger partial charge on any atom is 0.134 e. The quantitative estimate of drug-likeness (QED) is 0.858. The third kappa shape index (κ3) is 2.92. The molecule has 19 heavy (non-hydrogen) atoms. The molecule has 4 nitrogen and oxygen atoms in total. The molecule has 0 saturated heterocycles. The zero-order valence-corrected chi connectivity index (χ0v) is 13.8. The summed E-state index contributed by atoms with van der Waals surface area (Å²) in [4.78, 5) is 8.97. The molecule has 0 bridgehead atoms. The Kier molecular flexibility index (Phi) is 4.16. The fraction of sp³-hybridized carbons (Fsp3) is 0.714. The first-order chi connectivity index (χ1) is 8.84. The predicted octanol–water partition coefficient (Wildman–Crippen LogP) is 3.59. The number of anilines is 1. The standard InChI is InChI=1S/C14H22BrN3O/c1-8(2)13-17-11(15)7-12(18-13)16-9-6-10(19-5)14(9,3)4/h7-10H,6H2,1-5H3,(H,16,17,18). The van der Waals surface area contributed by atoms with Gasteiger partial charge in [-0.05, 0) is 22.4 Å². The lowest BCUT2D eigenvalue weighted by Crippen LogP contribution is -2.57. The number of nitrogens with zero attached hydrogens (tertiary/aromatic N) is 2. The molecule has 1 heterocycles. The average molecular weight is 328 g/mol. The molecular weight excluding hydrogens is 306 g/mol. The second kappa shape index (κ2) is 5.37. The number of hydrogen-bond acceptors (Lipinski definition) is 4. The molecule has 0 amide bonds. The Bertz CT molecular complexity index is 462. The van der Waals surface area contributed by atoms with Crippen LogP contribution in [0.25, 0.3) is 0 Å². The molecule has 1 saturated carbocycles. The Labute approximate surface area is 123 Å². The number of hydrogen-bond donors (Lipinski definition) is 1. The van der Waals surface area contributed by atoms with Crippen molar-refractivity contribution in [2.24, 2.45) is 5.41 Å². The molecule has 2 rings (SSSR count). The van der Waals surface area contributed by atoms with E-state index in [9.17, 15) is 0 Å². The Morgan fingerprint density at radius 3 is 2.63 bits per heavy atom. The van der Waals surface area contributed by atoms with Crippen LogP contribution >= 0.6 is 15.9 Å². The van der Waals surface area contributed by atoms with Crippen molar-refractivity contribution in [2.45, 2.75) is 52.2 Å². The third-order valence-electron chi connectivity index (χ3n) is 4.01. The molecule has 0 spiro atoms. The Hall–Kier alpha value is -0.680. The van der Waals surface area contributed by atoms with Crippen LogP contribution in [0.4, 0.5) is 5.82 Å². The highest BCUT2D eigenvalue weighted by Gasteiger charge is 2.48. The van der Waals surface area contributed by atoms with Crippen LogP contribution in [0, 0.1) is 5.41 Å².